The Morgan fingerprint density at radius 2 is 2.33 bits per heavy atom. The van der Waals surface area contributed by atoms with Crippen LogP contribution in [0.15, 0.2) is 24.5 Å². The van der Waals surface area contributed by atoms with E-state index < -0.39 is 0 Å². The van der Waals surface area contributed by atoms with Crippen LogP contribution in [0.1, 0.15) is 18.5 Å². The number of rotatable bonds is 2. The van der Waals surface area contributed by atoms with Crippen molar-refractivity contribution in [1.82, 2.24) is 15.2 Å². The van der Waals surface area contributed by atoms with Gasteiger partial charge in [-0.2, -0.15) is 0 Å². The summed E-state index contributed by atoms with van der Waals surface area (Å²) in [4.78, 5) is 27.8. The molecule has 1 aliphatic heterocycles. The van der Waals surface area contributed by atoms with Gasteiger partial charge < -0.3 is 4.90 Å². The third-order valence-corrected chi connectivity index (χ3v) is 2.46. The number of carbonyl (C=O) groups excluding carboxylic acids is 2. The van der Waals surface area contributed by atoms with E-state index in [9.17, 15) is 9.59 Å². The predicted octanol–water partition coefficient (Wildman–Crippen LogP) is 0.694. The minimum absolute atomic E-state index is 0.120. The lowest BCUT2D eigenvalue weighted by Gasteiger charge is -2.21. The highest BCUT2D eigenvalue weighted by molar-refractivity contribution is 6.02. The fourth-order valence-corrected chi connectivity index (χ4v) is 1.57. The van der Waals surface area contributed by atoms with Crippen LogP contribution in [0.4, 0.5) is 4.79 Å². The molecule has 0 saturated carbocycles. The first-order chi connectivity index (χ1) is 7.18. The summed E-state index contributed by atoms with van der Waals surface area (Å²) in [5.74, 6) is -0.254. The van der Waals surface area contributed by atoms with Crippen molar-refractivity contribution in [2.75, 3.05) is 6.54 Å². The average Bonchev–Trinajstić information content (AvgIpc) is 2.58. The Bertz CT molecular complexity index is 391. The molecule has 2 rings (SSSR count). The summed E-state index contributed by atoms with van der Waals surface area (Å²) in [7, 11) is 0. The van der Waals surface area contributed by atoms with Gasteiger partial charge >= 0.3 is 6.03 Å². The van der Waals surface area contributed by atoms with E-state index in [1.54, 1.807) is 12.4 Å². The lowest BCUT2D eigenvalue weighted by atomic mass is 10.1. The molecule has 3 amide bonds. The van der Waals surface area contributed by atoms with Crippen molar-refractivity contribution in [2.45, 2.75) is 13.0 Å². The molecular weight excluding hydrogens is 194 g/mol. The number of pyridine rings is 1. The maximum atomic E-state index is 11.4. The minimum Gasteiger partial charge on any atom is -0.308 e. The maximum absolute atomic E-state index is 11.4. The van der Waals surface area contributed by atoms with Crippen molar-refractivity contribution in [3.8, 4) is 0 Å². The lowest BCUT2D eigenvalue weighted by molar-refractivity contribution is -0.118. The highest BCUT2D eigenvalue weighted by Crippen LogP contribution is 2.20. The maximum Gasteiger partial charge on any atom is 0.325 e. The molecule has 1 aliphatic rings. The van der Waals surface area contributed by atoms with Crippen molar-refractivity contribution in [2.24, 2.45) is 0 Å². The molecule has 78 valence electrons. The van der Waals surface area contributed by atoms with Crippen LogP contribution in [-0.2, 0) is 4.79 Å². The Morgan fingerprint density at radius 1 is 1.53 bits per heavy atom. The topological polar surface area (TPSA) is 62.3 Å². The van der Waals surface area contributed by atoms with Crippen LogP contribution in [0.25, 0.3) is 0 Å². The van der Waals surface area contributed by atoms with Crippen LogP contribution in [0.2, 0.25) is 0 Å². The van der Waals surface area contributed by atoms with Gasteiger partial charge in [0.1, 0.15) is 6.54 Å². The molecule has 0 aliphatic carbocycles. The van der Waals surface area contributed by atoms with Crippen LogP contribution in [0, 0.1) is 0 Å². The predicted molar refractivity (Wildman–Crippen MR) is 52.9 cm³/mol. The molecule has 0 spiro atoms. The molecule has 2 heterocycles. The number of aromatic nitrogens is 1. The van der Waals surface area contributed by atoms with Gasteiger partial charge in [0.05, 0.1) is 6.04 Å². The molecule has 0 bridgehead atoms. The molecule has 1 atom stereocenters. The second-order valence-corrected chi connectivity index (χ2v) is 3.44. The highest BCUT2D eigenvalue weighted by atomic mass is 16.2. The summed E-state index contributed by atoms with van der Waals surface area (Å²) in [6, 6.07) is 3.22. The first-order valence-corrected chi connectivity index (χ1v) is 4.69. The van der Waals surface area contributed by atoms with Crippen LogP contribution in [0.5, 0.6) is 0 Å². The second kappa shape index (κ2) is 3.68. The fourth-order valence-electron chi connectivity index (χ4n) is 1.57. The highest BCUT2D eigenvalue weighted by Gasteiger charge is 2.31. The van der Waals surface area contributed by atoms with Gasteiger partial charge in [0.25, 0.3) is 0 Å². The van der Waals surface area contributed by atoms with Crippen molar-refractivity contribution >= 4 is 11.9 Å². The van der Waals surface area contributed by atoms with Crippen molar-refractivity contribution < 1.29 is 9.59 Å². The van der Waals surface area contributed by atoms with E-state index in [0.717, 1.165) is 5.56 Å². The number of amides is 3. The largest absolute Gasteiger partial charge is 0.325 e. The van der Waals surface area contributed by atoms with Gasteiger partial charge in [-0.05, 0) is 18.6 Å². The molecule has 5 nitrogen and oxygen atoms in total. The Balaban J connectivity index is 2.18. The summed E-state index contributed by atoms with van der Waals surface area (Å²) >= 11 is 0. The molecule has 0 aromatic carbocycles. The second-order valence-electron chi connectivity index (χ2n) is 3.44. The molecule has 1 fully saturated rings. The van der Waals surface area contributed by atoms with Gasteiger partial charge in [-0.1, -0.05) is 6.07 Å². The molecule has 1 saturated heterocycles. The van der Waals surface area contributed by atoms with Gasteiger partial charge in [0, 0.05) is 12.4 Å². The zero-order valence-electron chi connectivity index (χ0n) is 8.30. The molecule has 15 heavy (non-hydrogen) atoms. The summed E-state index contributed by atoms with van der Waals surface area (Å²) in [5.41, 5.74) is 0.919. The normalized spacial score (nSPS) is 17.8. The number of urea groups is 1. The molecule has 1 unspecified atom stereocenters. The number of nitrogens with one attached hydrogen (secondary N) is 1. The number of carbonyl (C=O) groups is 2. The first kappa shape index (κ1) is 9.64. The monoisotopic (exact) mass is 205 g/mol. The molecular formula is C10H11N3O2. The van der Waals surface area contributed by atoms with Crippen molar-refractivity contribution in [1.29, 1.82) is 0 Å². The Kier molecular flexibility index (Phi) is 2.37. The van der Waals surface area contributed by atoms with E-state index in [4.69, 9.17) is 0 Å². The molecule has 5 heteroatoms. The van der Waals surface area contributed by atoms with Crippen molar-refractivity contribution in [3.05, 3.63) is 30.1 Å². The van der Waals surface area contributed by atoms with Gasteiger partial charge in [-0.25, -0.2) is 4.79 Å². The zero-order valence-corrected chi connectivity index (χ0v) is 8.30. The van der Waals surface area contributed by atoms with E-state index in [1.165, 1.54) is 4.90 Å². The summed E-state index contributed by atoms with van der Waals surface area (Å²) in [6.07, 6.45) is 3.37. The Hall–Kier alpha value is -1.91. The summed E-state index contributed by atoms with van der Waals surface area (Å²) in [5, 5.41) is 2.25. The van der Waals surface area contributed by atoms with Crippen molar-refractivity contribution in [3.63, 3.8) is 0 Å². The summed E-state index contributed by atoms with van der Waals surface area (Å²) in [6.45, 7) is 1.99. The van der Waals surface area contributed by atoms with Crippen LogP contribution in [-0.4, -0.2) is 28.4 Å². The Morgan fingerprint density at radius 3 is 2.87 bits per heavy atom. The molecule has 1 N–H and O–H groups in total. The molecule has 1 aromatic rings. The standard InChI is InChI=1S/C10H11N3O2/c1-7(8-3-2-4-11-5-8)13-6-9(14)12-10(13)15/h2-5,7H,6H2,1H3,(H,12,14,15). The number of hydrogen-bond donors (Lipinski definition) is 1. The number of hydrogen-bond acceptors (Lipinski definition) is 3. The third-order valence-electron chi connectivity index (χ3n) is 2.46. The third kappa shape index (κ3) is 1.81. The number of nitrogens with zero attached hydrogens (tertiary/aromatic N) is 2. The smallest absolute Gasteiger partial charge is 0.308 e. The summed E-state index contributed by atoms with van der Waals surface area (Å²) < 4.78 is 0. The molecule has 1 aromatic heterocycles. The average molecular weight is 205 g/mol. The van der Waals surface area contributed by atoms with E-state index in [2.05, 4.69) is 10.3 Å². The SMILES string of the molecule is CC(c1cccnc1)N1CC(=O)NC1=O. The zero-order chi connectivity index (χ0) is 10.8. The van der Waals surface area contributed by atoms with Gasteiger partial charge in [-0.15, -0.1) is 0 Å². The first-order valence-electron chi connectivity index (χ1n) is 4.69. The Labute approximate surface area is 87.1 Å². The van der Waals surface area contributed by atoms with Gasteiger partial charge in [0.15, 0.2) is 0 Å². The quantitative estimate of drug-likeness (QED) is 0.723. The van der Waals surface area contributed by atoms with E-state index in [0.29, 0.717) is 0 Å². The van der Waals surface area contributed by atoms with E-state index in [-0.39, 0.29) is 24.5 Å². The lowest BCUT2D eigenvalue weighted by Crippen LogP contribution is -2.30. The van der Waals surface area contributed by atoms with E-state index >= 15 is 0 Å². The fraction of sp³-hybridized carbons (Fsp3) is 0.300. The molecule has 0 radical (unpaired) electrons. The van der Waals surface area contributed by atoms with Crippen LogP contribution in [0.3, 0.4) is 0 Å². The van der Waals surface area contributed by atoms with Crippen LogP contribution < -0.4 is 5.32 Å². The number of imide groups is 1. The van der Waals surface area contributed by atoms with E-state index in [1.807, 2.05) is 19.1 Å². The van der Waals surface area contributed by atoms with Gasteiger partial charge in [0.2, 0.25) is 5.91 Å². The van der Waals surface area contributed by atoms with Crippen LogP contribution >= 0.6 is 0 Å². The van der Waals surface area contributed by atoms with Gasteiger partial charge in [-0.3, -0.25) is 15.1 Å². The minimum atomic E-state index is -0.337.